The number of hydrogen-bond donors (Lipinski definition) is 1. The molecule has 2 fully saturated rings. The van der Waals surface area contributed by atoms with E-state index in [2.05, 4.69) is 20.0 Å². The van der Waals surface area contributed by atoms with Crippen molar-refractivity contribution in [3.05, 3.63) is 54.0 Å². The van der Waals surface area contributed by atoms with Gasteiger partial charge in [-0.1, -0.05) is 11.2 Å². The summed E-state index contributed by atoms with van der Waals surface area (Å²) in [5, 5.41) is 4.17. The Bertz CT molecular complexity index is 890. The van der Waals surface area contributed by atoms with E-state index in [1.54, 1.807) is 19.5 Å². The minimum absolute atomic E-state index is 0.0994. The Hall–Kier alpha value is -3.00. The molecule has 2 aliphatic heterocycles. The Morgan fingerprint density at radius 2 is 1.97 bits per heavy atom. The van der Waals surface area contributed by atoms with Crippen LogP contribution in [0.25, 0.3) is 0 Å². The zero-order valence-electron chi connectivity index (χ0n) is 17.3. The summed E-state index contributed by atoms with van der Waals surface area (Å²) in [4.78, 5) is 30.7. The van der Waals surface area contributed by atoms with Crippen LogP contribution in [-0.2, 0) is 16.2 Å². The molecule has 4 heterocycles. The van der Waals surface area contributed by atoms with Crippen LogP contribution in [0.4, 0.5) is 5.82 Å². The average molecular weight is 409 g/mol. The third-order valence-corrected chi connectivity index (χ3v) is 5.89. The van der Waals surface area contributed by atoms with E-state index < -0.39 is 0 Å². The van der Waals surface area contributed by atoms with Crippen molar-refractivity contribution in [1.82, 2.24) is 19.8 Å². The summed E-state index contributed by atoms with van der Waals surface area (Å²) >= 11 is 0. The van der Waals surface area contributed by atoms with Gasteiger partial charge in [0.2, 0.25) is 5.91 Å². The van der Waals surface area contributed by atoms with Crippen LogP contribution < -0.4 is 5.73 Å². The number of nitrogens with two attached hydrogens (primary N) is 1. The van der Waals surface area contributed by atoms with Crippen molar-refractivity contribution >= 4 is 17.4 Å². The standard InChI is InChI=1S/C22H28N6O2/c1-30-26-21(19-4-2-3-8-24-19)18-14-28(15-18)22(29)17-6-10-27(11-7-17)13-16-5-9-25-20(23)12-16/h2-5,8-9,12,17-18H,6-7,10-11,13-15H2,1H3,(H2,23,25)/b26-21+. The van der Waals surface area contributed by atoms with Crippen LogP contribution in [0.5, 0.6) is 0 Å². The molecule has 2 saturated heterocycles. The van der Waals surface area contributed by atoms with Crippen molar-refractivity contribution in [2.45, 2.75) is 19.4 Å². The molecule has 2 N–H and O–H groups in total. The van der Waals surface area contributed by atoms with Gasteiger partial charge in [0.05, 0.1) is 5.69 Å². The summed E-state index contributed by atoms with van der Waals surface area (Å²) in [5.41, 5.74) is 8.55. The van der Waals surface area contributed by atoms with E-state index in [0.717, 1.165) is 49.4 Å². The van der Waals surface area contributed by atoms with Gasteiger partial charge in [0.1, 0.15) is 18.6 Å². The highest BCUT2D eigenvalue weighted by molar-refractivity contribution is 6.02. The second-order valence-electron chi connectivity index (χ2n) is 7.95. The van der Waals surface area contributed by atoms with Gasteiger partial charge in [-0.05, 0) is 55.8 Å². The molecule has 0 aromatic carbocycles. The number of anilines is 1. The number of nitrogens with zero attached hydrogens (tertiary/aromatic N) is 5. The molecule has 0 saturated carbocycles. The molecule has 0 bridgehead atoms. The number of amides is 1. The van der Waals surface area contributed by atoms with Crippen LogP contribution >= 0.6 is 0 Å². The van der Waals surface area contributed by atoms with Crippen molar-refractivity contribution in [3.8, 4) is 0 Å². The SMILES string of the molecule is CO/N=C(/c1ccccn1)C1CN(C(=O)C2CCN(Cc3ccnc(N)c3)CC2)C1. The molecular weight excluding hydrogens is 380 g/mol. The van der Waals surface area contributed by atoms with Crippen LogP contribution in [0.2, 0.25) is 0 Å². The highest BCUT2D eigenvalue weighted by atomic mass is 16.6. The number of hydrogen-bond acceptors (Lipinski definition) is 7. The quantitative estimate of drug-likeness (QED) is 0.578. The van der Waals surface area contributed by atoms with Crippen LogP contribution in [0, 0.1) is 11.8 Å². The molecule has 0 atom stereocenters. The number of aromatic nitrogens is 2. The fourth-order valence-electron chi connectivity index (χ4n) is 4.22. The normalized spacial score (nSPS) is 18.8. The van der Waals surface area contributed by atoms with Crippen molar-refractivity contribution in [2.24, 2.45) is 17.0 Å². The third kappa shape index (κ3) is 4.59. The van der Waals surface area contributed by atoms with Gasteiger partial charge in [-0.2, -0.15) is 0 Å². The Morgan fingerprint density at radius 3 is 2.63 bits per heavy atom. The van der Waals surface area contributed by atoms with Gasteiger partial charge >= 0.3 is 0 Å². The predicted octanol–water partition coefficient (Wildman–Crippen LogP) is 1.78. The Morgan fingerprint density at radius 1 is 1.17 bits per heavy atom. The largest absolute Gasteiger partial charge is 0.399 e. The van der Waals surface area contributed by atoms with Gasteiger partial charge in [-0.25, -0.2) is 4.98 Å². The van der Waals surface area contributed by atoms with E-state index in [0.29, 0.717) is 18.9 Å². The summed E-state index contributed by atoms with van der Waals surface area (Å²) in [6.45, 7) is 4.03. The molecule has 1 amide bonds. The first-order valence-corrected chi connectivity index (χ1v) is 10.4. The number of carbonyl (C=O) groups is 1. The molecule has 2 aromatic rings. The van der Waals surface area contributed by atoms with Gasteiger partial charge in [-0.15, -0.1) is 0 Å². The van der Waals surface area contributed by atoms with E-state index in [1.807, 2.05) is 35.2 Å². The number of oxime groups is 1. The fourth-order valence-corrected chi connectivity index (χ4v) is 4.22. The fraction of sp³-hybridized carbons (Fsp3) is 0.455. The maximum atomic E-state index is 12.9. The molecule has 8 heteroatoms. The molecular formula is C22H28N6O2. The molecule has 0 radical (unpaired) electrons. The zero-order chi connectivity index (χ0) is 20.9. The first-order chi connectivity index (χ1) is 14.6. The minimum Gasteiger partial charge on any atom is -0.399 e. The number of likely N-dealkylation sites (tertiary alicyclic amines) is 2. The lowest BCUT2D eigenvalue weighted by Gasteiger charge is -2.42. The van der Waals surface area contributed by atoms with E-state index in [-0.39, 0.29) is 17.7 Å². The van der Waals surface area contributed by atoms with E-state index in [9.17, 15) is 4.79 Å². The molecule has 4 rings (SSSR count). The molecule has 0 unspecified atom stereocenters. The lowest BCUT2D eigenvalue weighted by molar-refractivity contribution is -0.142. The number of carbonyl (C=O) groups excluding carboxylic acids is 1. The van der Waals surface area contributed by atoms with Gasteiger partial charge in [0.15, 0.2) is 0 Å². The summed E-state index contributed by atoms with van der Waals surface area (Å²) < 4.78 is 0. The zero-order valence-corrected chi connectivity index (χ0v) is 17.3. The summed E-state index contributed by atoms with van der Waals surface area (Å²) in [6, 6.07) is 9.64. The summed E-state index contributed by atoms with van der Waals surface area (Å²) in [5.74, 6) is 1.08. The second kappa shape index (κ2) is 9.21. The van der Waals surface area contributed by atoms with E-state index >= 15 is 0 Å². The minimum atomic E-state index is 0.0994. The Kier molecular flexibility index (Phi) is 6.23. The first-order valence-electron chi connectivity index (χ1n) is 10.4. The van der Waals surface area contributed by atoms with Crippen LogP contribution in [0.3, 0.4) is 0 Å². The molecule has 0 spiro atoms. The average Bonchev–Trinajstić information content (AvgIpc) is 2.73. The van der Waals surface area contributed by atoms with E-state index in [1.165, 1.54) is 0 Å². The second-order valence-corrected chi connectivity index (χ2v) is 7.95. The monoisotopic (exact) mass is 408 g/mol. The highest BCUT2D eigenvalue weighted by Gasteiger charge is 2.39. The number of rotatable bonds is 6. The van der Waals surface area contributed by atoms with Crippen LogP contribution in [-0.4, -0.2) is 64.7 Å². The molecule has 30 heavy (non-hydrogen) atoms. The topological polar surface area (TPSA) is 96.9 Å². The predicted molar refractivity (Wildman–Crippen MR) is 115 cm³/mol. The highest BCUT2D eigenvalue weighted by Crippen LogP contribution is 2.27. The van der Waals surface area contributed by atoms with Gasteiger partial charge in [0.25, 0.3) is 0 Å². The van der Waals surface area contributed by atoms with Gasteiger partial charge in [-0.3, -0.25) is 14.7 Å². The first kappa shape index (κ1) is 20.3. The maximum absolute atomic E-state index is 12.9. The Labute approximate surface area is 176 Å². The van der Waals surface area contributed by atoms with Crippen molar-refractivity contribution in [2.75, 3.05) is 39.0 Å². The molecule has 158 valence electrons. The smallest absolute Gasteiger partial charge is 0.225 e. The lowest BCUT2D eigenvalue weighted by atomic mass is 9.88. The van der Waals surface area contributed by atoms with E-state index in [4.69, 9.17) is 10.6 Å². The molecule has 2 aliphatic rings. The van der Waals surface area contributed by atoms with Crippen LogP contribution in [0.15, 0.2) is 47.9 Å². The number of nitrogen functional groups attached to an aromatic ring is 1. The molecule has 2 aromatic heterocycles. The van der Waals surface area contributed by atoms with Crippen molar-refractivity contribution in [3.63, 3.8) is 0 Å². The third-order valence-electron chi connectivity index (χ3n) is 5.89. The number of pyridine rings is 2. The molecule has 8 nitrogen and oxygen atoms in total. The van der Waals surface area contributed by atoms with Crippen molar-refractivity contribution in [1.29, 1.82) is 0 Å². The Balaban J connectivity index is 1.27. The van der Waals surface area contributed by atoms with Crippen LogP contribution in [0.1, 0.15) is 24.1 Å². The molecule has 0 aliphatic carbocycles. The summed E-state index contributed by atoms with van der Waals surface area (Å²) in [6.07, 6.45) is 5.27. The van der Waals surface area contributed by atoms with Gasteiger partial charge in [0, 0.05) is 43.9 Å². The van der Waals surface area contributed by atoms with Gasteiger partial charge < -0.3 is 15.5 Å². The van der Waals surface area contributed by atoms with Crippen molar-refractivity contribution < 1.29 is 9.63 Å². The lowest BCUT2D eigenvalue weighted by Crippen LogP contribution is -2.56. The summed E-state index contributed by atoms with van der Waals surface area (Å²) in [7, 11) is 1.54. The number of piperidine rings is 1. The maximum Gasteiger partial charge on any atom is 0.225 e.